The molecule has 0 heterocycles. The summed E-state index contributed by atoms with van der Waals surface area (Å²) in [6.07, 6.45) is 9.05. The van der Waals surface area contributed by atoms with Gasteiger partial charge < -0.3 is 5.32 Å². The van der Waals surface area contributed by atoms with Crippen LogP contribution in [0.25, 0.3) is 0 Å². The smallest absolute Gasteiger partial charge is 0.0194 e. The summed E-state index contributed by atoms with van der Waals surface area (Å²) in [5.74, 6) is 3.18. The van der Waals surface area contributed by atoms with E-state index in [1.165, 1.54) is 19.3 Å². The quantitative estimate of drug-likeness (QED) is 0.695. The van der Waals surface area contributed by atoms with Gasteiger partial charge in [0, 0.05) is 11.1 Å². The van der Waals surface area contributed by atoms with Crippen molar-refractivity contribution in [1.29, 1.82) is 0 Å². The Morgan fingerprint density at radius 2 is 1.27 bits per heavy atom. The maximum Gasteiger partial charge on any atom is 0.0194 e. The van der Waals surface area contributed by atoms with E-state index in [1.807, 2.05) is 0 Å². The molecule has 0 saturated heterocycles. The molecule has 4 aliphatic carbocycles. The standard InChI is InChI=1S/C14H25N/c1-13(2,3)15-14-7-10-4-11(8-14)6-12(5-10)9-14/h10-12,15H,4-9H2,1-3H3. The summed E-state index contributed by atoms with van der Waals surface area (Å²) in [7, 11) is 0. The topological polar surface area (TPSA) is 12.0 Å². The predicted octanol–water partition coefficient (Wildman–Crippen LogP) is 3.34. The molecule has 4 bridgehead atoms. The lowest BCUT2D eigenvalue weighted by Crippen LogP contribution is -2.62. The third-order valence-corrected chi connectivity index (χ3v) is 4.68. The van der Waals surface area contributed by atoms with E-state index >= 15 is 0 Å². The van der Waals surface area contributed by atoms with Gasteiger partial charge in [0.1, 0.15) is 0 Å². The van der Waals surface area contributed by atoms with Gasteiger partial charge in [-0.1, -0.05) is 0 Å². The number of rotatable bonds is 1. The minimum Gasteiger partial charge on any atom is -0.307 e. The van der Waals surface area contributed by atoms with E-state index in [4.69, 9.17) is 0 Å². The molecule has 0 aliphatic heterocycles. The molecule has 0 aromatic rings. The van der Waals surface area contributed by atoms with Gasteiger partial charge in [0.15, 0.2) is 0 Å². The van der Waals surface area contributed by atoms with Gasteiger partial charge in [-0.2, -0.15) is 0 Å². The lowest BCUT2D eigenvalue weighted by atomic mass is 9.52. The van der Waals surface area contributed by atoms with Crippen LogP contribution in [-0.2, 0) is 0 Å². The van der Waals surface area contributed by atoms with Crippen LogP contribution < -0.4 is 5.32 Å². The molecule has 1 heteroatoms. The van der Waals surface area contributed by atoms with Crippen molar-refractivity contribution in [3.63, 3.8) is 0 Å². The molecule has 86 valence electrons. The van der Waals surface area contributed by atoms with E-state index in [1.54, 1.807) is 19.3 Å². The van der Waals surface area contributed by atoms with E-state index in [0.717, 1.165) is 17.8 Å². The van der Waals surface area contributed by atoms with Crippen LogP contribution in [0.3, 0.4) is 0 Å². The Kier molecular flexibility index (Phi) is 2.03. The highest BCUT2D eigenvalue weighted by Crippen LogP contribution is 2.55. The van der Waals surface area contributed by atoms with E-state index < -0.39 is 0 Å². The second-order valence-corrected chi connectivity index (χ2v) is 7.57. The Morgan fingerprint density at radius 1 is 0.867 bits per heavy atom. The minimum atomic E-state index is 0.297. The molecule has 0 aromatic carbocycles. The first kappa shape index (κ1) is 10.1. The Labute approximate surface area is 94.0 Å². The van der Waals surface area contributed by atoms with Crippen LogP contribution in [0.5, 0.6) is 0 Å². The van der Waals surface area contributed by atoms with Gasteiger partial charge in [-0.05, 0) is 77.0 Å². The van der Waals surface area contributed by atoms with E-state index in [0.29, 0.717) is 11.1 Å². The lowest BCUT2D eigenvalue weighted by Gasteiger charge is -2.58. The molecule has 4 saturated carbocycles. The highest BCUT2D eigenvalue weighted by molar-refractivity contribution is 5.07. The molecule has 0 radical (unpaired) electrons. The summed E-state index contributed by atoms with van der Waals surface area (Å²) in [6.45, 7) is 6.97. The molecule has 0 spiro atoms. The SMILES string of the molecule is CC(C)(C)NC12CC3CC(CC(C3)C1)C2. The Bertz CT molecular complexity index is 226. The zero-order valence-corrected chi connectivity index (χ0v) is 10.5. The first-order valence-corrected chi connectivity index (χ1v) is 6.73. The summed E-state index contributed by atoms with van der Waals surface area (Å²) in [5, 5.41) is 3.96. The van der Waals surface area contributed by atoms with Crippen molar-refractivity contribution in [2.75, 3.05) is 0 Å². The lowest BCUT2D eigenvalue weighted by molar-refractivity contribution is -0.0309. The summed E-state index contributed by atoms with van der Waals surface area (Å²) in [4.78, 5) is 0. The summed E-state index contributed by atoms with van der Waals surface area (Å²) in [6, 6.07) is 0. The minimum absolute atomic E-state index is 0.297. The maximum absolute atomic E-state index is 3.96. The molecular weight excluding hydrogens is 182 g/mol. The van der Waals surface area contributed by atoms with Gasteiger partial charge in [0.05, 0.1) is 0 Å². The number of nitrogens with one attached hydrogen (secondary N) is 1. The van der Waals surface area contributed by atoms with Gasteiger partial charge in [-0.25, -0.2) is 0 Å². The maximum atomic E-state index is 3.96. The van der Waals surface area contributed by atoms with Crippen molar-refractivity contribution in [3.8, 4) is 0 Å². The summed E-state index contributed by atoms with van der Waals surface area (Å²) in [5.41, 5.74) is 0.832. The zero-order valence-electron chi connectivity index (χ0n) is 10.5. The Hall–Kier alpha value is -0.0400. The molecule has 4 aliphatic rings. The average molecular weight is 207 g/mol. The fourth-order valence-electron chi connectivity index (χ4n) is 5.06. The highest BCUT2D eigenvalue weighted by atomic mass is 15.1. The van der Waals surface area contributed by atoms with E-state index in [-0.39, 0.29) is 0 Å². The zero-order chi connectivity index (χ0) is 10.7. The number of hydrogen-bond donors (Lipinski definition) is 1. The molecule has 0 unspecified atom stereocenters. The van der Waals surface area contributed by atoms with Crippen LogP contribution in [0.4, 0.5) is 0 Å². The van der Waals surface area contributed by atoms with Crippen molar-refractivity contribution in [3.05, 3.63) is 0 Å². The van der Waals surface area contributed by atoms with Gasteiger partial charge in [-0.3, -0.25) is 0 Å². The van der Waals surface area contributed by atoms with Gasteiger partial charge in [-0.15, -0.1) is 0 Å². The van der Waals surface area contributed by atoms with Crippen LogP contribution in [0.2, 0.25) is 0 Å². The second kappa shape index (κ2) is 3.00. The van der Waals surface area contributed by atoms with Crippen molar-refractivity contribution in [2.24, 2.45) is 17.8 Å². The van der Waals surface area contributed by atoms with Crippen LogP contribution in [0.15, 0.2) is 0 Å². The monoisotopic (exact) mass is 207 g/mol. The van der Waals surface area contributed by atoms with Crippen LogP contribution in [0.1, 0.15) is 59.3 Å². The predicted molar refractivity (Wildman–Crippen MR) is 63.8 cm³/mol. The van der Waals surface area contributed by atoms with Gasteiger partial charge >= 0.3 is 0 Å². The number of hydrogen-bond acceptors (Lipinski definition) is 1. The normalized spacial score (nSPS) is 48.6. The molecule has 4 rings (SSSR count). The molecule has 1 nitrogen and oxygen atoms in total. The average Bonchev–Trinajstić information content (AvgIpc) is 1.94. The molecule has 0 aromatic heterocycles. The molecule has 0 atom stereocenters. The molecule has 4 fully saturated rings. The highest BCUT2D eigenvalue weighted by Gasteiger charge is 2.51. The molecule has 15 heavy (non-hydrogen) atoms. The van der Waals surface area contributed by atoms with Crippen LogP contribution in [0, 0.1) is 17.8 Å². The Morgan fingerprint density at radius 3 is 1.60 bits per heavy atom. The van der Waals surface area contributed by atoms with Crippen molar-refractivity contribution in [2.45, 2.75) is 70.4 Å². The van der Waals surface area contributed by atoms with Crippen molar-refractivity contribution < 1.29 is 0 Å². The summed E-state index contributed by atoms with van der Waals surface area (Å²) >= 11 is 0. The fourth-order valence-corrected chi connectivity index (χ4v) is 5.06. The fraction of sp³-hybridized carbons (Fsp3) is 1.00. The summed E-state index contributed by atoms with van der Waals surface area (Å²) < 4.78 is 0. The van der Waals surface area contributed by atoms with Gasteiger partial charge in [0.25, 0.3) is 0 Å². The largest absolute Gasteiger partial charge is 0.307 e. The molecule has 0 amide bonds. The van der Waals surface area contributed by atoms with Crippen LogP contribution in [-0.4, -0.2) is 11.1 Å². The van der Waals surface area contributed by atoms with Crippen molar-refractivity contribution >= 4 is 0 Å². The second-order valence-electron chi connectivity index (χ2n) is 7.57. The third kappa shape index (κ3) is 1.84. The first-order chi connectivity index (χ1) is 6.94. The molecular formula is C14H25N. The first-order valence-electron chi connectivity index (χ1n) is 6.73. The van der Waals surface area contributed by atoms with Crippen molar-refractivity contribution in [1.82, 2.24) is 5.32 Å². The van der Waals surface area contributed by atoms with E-state index in [2.05, 4.69) is 26.1 Å². The van der Waals surface area contributed by atoms with Gasteiger partial charge in [0.2, 0.25) is 0 Å². The van der Waals surface area contributed by atoms with Crippen LogP contribution >= 0.6 is 0 Å². The Balaban J connectivity index is 1.81. The van der Waals surface area contributed by atoms with E-state index in [9.17, 15) is 0 Å². The third-order valence-electron chi connectivity index (χ3n) is 4.68. The molecule has 1 N–H and O–H groups in total.